The van der Waals surface area contributed by atoms with Crippen LogP contribution in [0, 0.1) is 5.41 Å². The minimum atomic E-state index is 0.239. The molecule has 0 bridgehead atoms. The molecule has 8 heavy (non-hydrogen) atoms. The van der Waals surface area contributed by atoms with Crippen LogP contribution in [0.3, 0.4) is 0 Å². The molecular formula is C7H13Cl. The first kappa shape index (κ1) is 8.03. The summed E-state index contributed by atoms with van der Waals surface area (Å²) in [6.07, 6.45) is 2.90. The number of allylic oxidation sites excluding steroid dienone is 1. The molecule has 0 spiro atoms. The van der Waals surface area contributed by atoms with Gasteiger partial charge in [0.15, 0.2) is 0 Å². The molecule has 0 atom stereocenters. The van der Waals surface area contributed by atoms with Gasteiger partial charge in [0.1, 0.15) is 0 Å². The molecule has 0 aromatic carbocycles. The van der Waals surface area contributed by atoms with E-state index in [1.54, 1.807) is 0 Å². The van der Waals surface area contributed by atoms with Gasteiger partial charge in [0.25, 0.3) is 0 Å². The normalized spacial score (nSPS) is 11.4. The van der Waals surface area contributed by atoms with Gasteiger partial charge in [0.05, 0.1) is 0 Å². The predicted molar refractivity (Wildman–Crippen MR) is 39.3 cm³/mol. The average molecular weight is 133 g/mol. The van der Waals surface area contributed by atoms with E-state index in [2.05, 4.69) is 20.4 Å². The van der Waals surface area contributed by atoms with Gasteiger partial charge in [-0.05, 0) is 11.8 Å². The predicted octanol–water partition coefficient (Wildman–Crippen LogP) is 2.83. The fourth-order valence-corrected chi connectivity index (χ4v) is 0.554. The lowest BCUT2D eigenvalue weighted by molar-refractivity contribution is 0.428. The number of rotatable bonds is 3. The number of alkyl halides is 1. The maximum Gasteiger partial charge on any atom is 0.0277 e. The molecule has 0 amide bonds. The van der Waals surface area contributed by atoms with Crippen molar-refractivity contribution in [1.29, 1.82) is 0 Å². The molecule has 0 aliphatic heterocycles. The average Bonchev–Trinajstić information content (AvgIpc) is 1.67. The van der Waals surface area contributed by atoms with Crippen LogP contribution in [0.4, 0.5) is 0 Å². The first-order valence-electron chi connectivity index (χ1n) is 2.79. The van der Waals surface area contributed by atoms with Crippen LogP contribution in [0.25, 0.3) is 0 Å². The second-order valence-electron chi connectivity index (χ2n) is 2.79. The summed E-state index contributed by atoms with van der Waals surface area (Å²) in [4.78, 5) is 0. The number of hydrogen-bond acceptors (Lipinski definition) is 0. The topological polar surface area (TPSA) is 0 Å². The molecule has 0 aliphatic rings. The van der Waals surface area contributed by atoms with Crippen LogP contribution in [0.15, 0.2) is 12.7 Å². The van der Waals surface area contributed by atoms with Crippen LogP contribution in [0.5, 0.6) is 0 Å². The van der Waals surface area contributed by atoms with Gasteiger partial charge >= 0.3 is 0 Å². The Kier molecular flexibility index (Phi) is 3.15. The molecule has 0 heterocycles. The summed E-state index contributed by atoms with van der Waals surface area (Å²) in [5, 5.41) is 0. The SMILES string of the molecule is C=CCC(C)(C)CCl. The summed E-state index contributed by atoms with van der Waals surface area (Å²) >= 11 is 5.62. The number of halogens is 1. The highest BCUT2D eigenvalue weighted by molar-refractivity contribution is 6.18. The van der Waals surface area contributed by atoms with Gasteiger partial charge < -0.3 is 0 Å². The summed E-state index contributed by atoms with van der Waals surface area (Å²) in [6.45, 7) is 7.89. The van der Waals surface area contributed by atoms with E-state index in [0.29, 0.717) is 5.88 Å². The molecule has 0 saturated carbocycles. The molecule has 0 nitrogen and oxygen atoms in total. The molecule has 0 radical (unpaired) electrons. The molecular weight excluding hydrogens is 120 g/mol. The fraction of sp³-hybridized carbons (Fsp3) is 0.714. The van der Waals surface area contributed by atoms with E-state index in [-0.39, 0.29) is 5.41 Å². The minimum Gasteiger partial charge on any atom is -0.126 e. The Labute approximate surface area is 56.5 Å². The van der Waals surface area contributed by atoms with Crippen molar-refractivity contribution in [3.63, 3.8) is 0 Å². The van der Waals surface area contributed by atoms with Gasteiger partial charge in [-0.15, -0.1) is 18.2 Å². The third-order valence-electron chi connectivity index (χ3n) is 1.06. The van der Waals surface area contributed by atoms with E-state index in [1.165, 1.54) is 0 Å². The van der Waals surface area contributed by atoms with Gasteiger partial charge in [0.2, 0.25) is 0 Å². The Morgan fingerprint density at radius 2 is 2.12 bits per heavy atom. The van der Waals surface area contributed by atoms with E-state index < -0.39 is 0 Å². The Hall–Kier alpha value is 0.0300. The van der Waals surface area contributed by atoms with Crippen molar-refractivity contribution >= 4 is 11.6 Å². The van der Waals surface area contributed by atoms with Gasteiger partial charge in [-0.25, -0.2) is 0 Å². The van der Waals surface area contributed by atoms with E-state index in [1.807, 2.05) is 6.08 Å². The fourth-order valence-electron chi connectivity index (χ4n) is 0.445. The quantitative estimate of drug-likeness (QED) is 0.409. The first-order chi connectivity index (χ1) is 3.62. The Morgan fingerprint density at radius 3 is 2.25 bits per heavy atom. The summed E-state index contributed by atoms with van der Waals surface area (Å²) in [6, 6.07) is 0. The summed E-state index contributed by atoms with van der Waals surface area (Å²) in [5.41, 5.74) is 0.239. The molecule has 0 aliphatic carbocycles. The zero-order valence-corrected chi connectivity index (χ0v) is 6.33. The molecule has 48 valence electrons. The van der Waals surface area contributed by atoms with Crippen molar-refractivity contribution in [2.45, 2.75) is 20.3 Å². The first-order valence-corrected chi connectivity index (χ1v) is 3.33. The molecule has 0 aromatic rings. The van der Waals surface area contributed by atoms with Gasteiger partial charge in [0, 0.05) is 5.88 Å². The van der Waals surface area contributed by atoms with Gasteiger partial charge in [-0.1, -0.05) is 19.9 Å². The summed E-state index contributed by atoms with van der Waals surface area (Å²) in [5.74, 6) is 0.707. The van der Waals surface area contributed by atoms with Crippen LogP contribution >= 0.6 is 11.6 Å². The molecule has 0 aromatic heterocycles. The highest BCUT2D eigenvalue weighted by Crippen LogP contribution is 2.21. The second-order valence-corrected chi connectivity index (χ2v) is 3.06. The van der Waals surface area contributed by atoms with Crippen molar-refractivity contribution < 1.29 is 0 Å². The van der Waals surface area contributed by atoms with E-state index in [9.17, 15) is 0 Å². The lowest BCUT2D eigenvalue weighted by Gasteiger charge is -2.17. The summed E-state index contributed by atoms with van der Waals surface area (Å²) in [7, 11) is 0. The van der Waals surface area contributed by atoms with E-state index in [0.717, 1.165) is 6.42 Å². The zero-order chi connectivity index (χ0) is 6.62. The van der Waals surface area contributed by atoms with E-state index in [4.69, 9.17) is 11.6 Å². The van der Waals surface area contributed by atoms with Gasteiger partial charge in [-0.2, -0.15) is 0 Å². The Bertz CT molecular complexity index is 74.5. The standard InChI is InChI=1S/C7H13Cl/c1-4-5-7(2,3)6-8/h4H,1,5-6H2,2-3H3. The second kappa shape index (κ2) is 3.13. The van der Waals surface area contributed by atoms with Crippen molar-refractivity contribution in [3.05, 3.63) is 12.7 Å². The van der Waals surface area contributed by atoms with Crippen molar-refractivity contribution in [2.75, 3.05) is 5.88 Å². The third kappa shape index (κ3) is 3.09. The monoisotopic (exact) mass is 132 g/mol. The smallest absolute Gasteiger partial charge is 0.0277 e. The van der Waals surface area contributed by atoms with Crippen LogP contribution < -0.4 is 0 Å². The van der Waals surface area contributed by atoms with E-state index >= 15 is 0 Å². The largest absolute Gasteiger partial charge is 0.126 e. The molecule has 0 rings (SSSR count). The minimum absolute atomic E-state index is 0.239. The lowest BCUT2D eigenvalue weighted by atomic mass is 9.92. The van der Waals surface area contributed by atoms with Crippen LogP contribution in [-0.4, -0.2) is 5.88 Å². The lowest BCUT2D eigenvalue weighted by Crippen LogP contribution is -2.10. The highest BCUT2D eigenvalue weighted by atomic mass is 35.5. The van der Waals surface area contributed by atoms with Crippen molar-refractivity contribution in [1.82, 2.24) is 0 Å². The molecule has 0 N–H and O–H groups in total. The number of hydrogen-bond donors (Lipinski definition) is 0. The van der Waals surface area contributed by atoms with Crippen molar-refractivity contribution in [2.24, 2.45) is 5.41 Å². The molecule has 0 saturated heterocycles. The molecule has 0 fully saturated rings. The third-order valence-corrected chi connectivity index (χ3v) is 1.78. The van der Waals surface area contributed by atoms with Crippen molar-refractivity contribution in [3.8, 4) is 0 Å². The summed E-state index contributed by atoms with van der Waals surface area (Å²) < 4.78 is 0. The zero-order valence-electron chi connectivity index (χ0n) is 5.58. The molecule has 0 unspecified atom stereocenters. The highest BCUT2D eigenvalue weighted by Gasteiger charge is 2.12. The maximum atomic E-state index is 5.62. The Morgan fingerprint density at radius 1 is 1.62 bits per heavy atom. The molecule has 1 heteroatoms. The van der Waals surface area contributed by atoms with Crippen LogP contribution in [0.2, 0.25) is 0 Å². The van der Waals surface area contributed by atoms with Crippen LogP contribution in [-0.2, 0) is 0 Å². The van der Waals surface area contributed by atoms with Gasteiger partial charge in [-0.3, -0.25) is 0 Å². The Balaban J connectivity index is 3.53. The van der Waals surface area contributed by atoms with Crippen LogP contribution in [0.1, 0.15) is 20.3 Å². The maximum absolute atomic E-state index is 5.62.